The van der Waals surface area contributed by atoms with Gasteiger partial charge in [0.15, 0.2) is 6.61 Å². The van der Waals surface area contributed by atoms with E-state index in [9.17, 15) is 9.59 Å². The summed E-state index contributed by atoms with van der Waals surface area (Å²) in [5.74, 6) is -0.757. The van der Waals surface area contributed by atoms with Gasteiger partial charge in [-0.2, -0.15) is 0 Å². The minimum absolute atomic E-state index is 0.190. The Morgan fingerprint density at radius 2 is 1.86 bits per heavy atom. The van der Waals surface area contributed by atoms with Crippen molar-refractivity contribution in [3.63, 3.8) is 0 Å². The van der Waals surface area contributed by atoms with Crippen molar-refractivity contribution >= 4 is 40.7 Å². The minimum atomic E-state index is -0.405. The predicted molar refractivity (Wildman–Crippen MR) is 114 cm³/mol. The van der Waals surface area contributed by atoms with Crippen LogP contribution in [0.1, 0.15) is 16.0 Å². The Kier molecular flexibility index (Phi) is 6.90. The number of carbonyl (C=O) groups excluding carboxylic acids is 2. The molecule has 1 aromatic heterocycles. The van der Waals surface area contributed by atoms with Crippen LogP contribution in [0.25, 0.3) is 0 Å². The van der Waals surface area contributed by atoms with Gasteiger partial charge in [-0.3, -0.25) is 9.59 Å². The van der Waals surface area contributed by atoms with E-state index < -0.39 is 5.97 Å². The quantitative estimate of drug-likeness (QED) is 0.540. The molecule has 3 rings (SSSR count). The highest BCUT2D eigenvalue weighted by Crippen LogP contribution is 2.31. The molecule has 0 radical (unpaired) electrons. The molecule has 0 aliphatic heterocycles. The molecular formula is C22H21NO3S2. The number of nitrogens with one attached hydrogen (secondary N) is 1. The SMILES string of the molecule is Cc1ccc(C)c(Sc2ccc(NC(=O)COC(=O)Cc3cccs3)cc2)c1. The lowest BCUT2D eigenvalue weighted by Gasteiger charge is -2.09. The first-order chi connectivity index (χ1) is 13.5. The van der Waals surface area contributed by atoms with Gasteiger partial charge in [0.2, 0.25) is 0 Å². The molecule has 144 valence electrons. The number of aryl methyl sites for hydroxylation is 2. The maximum atomic E-state index is 12.0. The third kappa shape index (κ3) is 5.97. The molecule has 0 aliphatic rings. The summed E-state index contributed by atoms with van der Waals surface area (Å²) in [7, 11) is 0. The van der Waals surface area contributed by atoms with Gasteiger partial charge >= 0.3 is 5.97 Å². The Morgan fingerprint density at radius 3 is 2.57 bits per heavy atom. The Hall–Kier alpha value is -2.57. The van der Waals surface area contributed by atoms with E-state index in [-0.39, 0.29) is 18.9 Å². The molecule has 0 bridgehead atoms. The molecule has 28 heavy (non-hydrogen) atoms. The fraction of sp³-hybridized carbons (Fsp3) is 0.182. The highest BCUT2D eigenvalue weighted by atomic mass is 32.2. The van der Waals surface area contributed by atoms with Crippen LogP contribution in [0.15, 0.2) is 69.8 Å². The fourth-order valence-electron chi connectivity index (χ4n) is 2.50. The van der Waals surface area contributed by atoms with Crippen molar-refractivity contribution < 1.29 is 14.3 Å². The van der Waals surface area contributed by atoms with Gasteiger partial charge in [-0.25, -0.2) is 0 Å². The van der Waals surface area contributed by atoms with Crippen LogP contribution in [0, 0.1) is 13.8 Å². The van der Waals surface area contributed by atoms with Crippen molar-refractivity contribution in [3.05, 3.63) is 76.0 Å². The van der Waals surface area contributed by atoms with E-state index in [0.717, 1.165) is 9.77 Å². The van der Waals surface area contributed by atoms with Crippen LogP contribution in [0.2, 0.25) is 0 Å². The summed E-state index contributed by atoms with van der Waals surface area (Å²) in [4.78, 5) is 27.0. The second-order valence-corrected chi connectivity index (χ2v) is 8.51. The monoisotopic (exact) mass is 411 g/mol. The topological polar surface area (TPSA) is 55.4 Å². The summed E-state index contributed by atoms with van der Waals surface area (Å²) < 4.78 is 5.03. The zero-order valence-corrected chi connectivity index (χ0v) is 17.4. The summed E-state index contributed by atoms with van der Waals surface area (Å²) in [5, 5.41) is 4.65. The number of carbonyl (C=O) groups is 2. The second kappa shape index (κ2) is 9.57. The van der Waals surface area contributed by atoms with Crippen LogP contribution < -0.4 is 5.32 Å². The Labute approximate surface area is 172 Å². The van der Waals surface area contributed by atoms with Crippen LogP contribution in [0.5, 0.6) is 0 Å². The van der Waals surface area contributed by atoms with Crippen molar-refractivity contribution in [3.8, 4) is 0 Å². The second-order valence-electron chi connectivity index (χ2n) is 6.36. The van der Waals surface area contributed by atoms with Crippen LogP contribution in [0.3, 0.4) is 0 Å². The Morgan fingerprint density at radius 1 is 1.07 bits per heavy atom. The third-order valence-corrected chi connectivity index (χ3v) is 6.02. The van der Waals surface area contributed by atoms with Crippen LogP contribution in [-0.2, 0) is 20.7 Å². The largest absolute Gasteiger partial charge is 0.455 e. The molecule has 1 heterocycles. The van der Waals surface area contributed by atoms with E-state index in [1.54, 1.807) is 11.8 Å². The lowest BCUT2D eigenvalue weighted by atomic mass is 10.2. The van der Waals surface area contributed by atoms with E-state index in [2.05, 4.69) is 37.4 Å². The number of ether oxygens (including phenoxy) is 1. The zero-order chi connectivity index (χ0) is 19.9. The van der Waals surface area contributed by atoms with Gasteiger partial charge in [-0.05, 0) is 66.8 Å². The van der Waals surface area contributed by atoms with Crippen molar-refractivity contribution in [2.75, 3.05) is 11.9 Å². The van der Waals surface area contributed by atoms with Crippen LogP contribution >= 0.6 is 23.1 Å². The first kappa shape index (κ1) is 20.2. The molecule has 0 aliphatic carbocycles. The zero-order valence-electron chi connectivity index (χ0n) is 15.7. The van der Waals surface area contributed by atoms with E-state index >= 15 is 0 Å². The van der Waals surface area contributed by atoms with Gasteiger partial charge in [0, 0.05) is 20.4 Å². The molecule has 1 amide bonds. The molecule has 0 spiro atoms. The maximum absolute atomic E-state index is 12.0. The van der Waals surface area contributed by atoms with Crippen LogP contribution in [0.4, 0.5) is 5.69 Å². The Bertz CT molecular complexity index is 950. The number of amides is 1. The van der Waals surface area contributed by atoms with Gasteiger partial charge in [0.05, 0.1) is 6.42 Å². The van der Waals surface area contributed by atoms with Gasteiger partial charge in [0.25, 0.3) is 5.91 Å². The van der Waals surface area contributed by atoms with Crippen LogP contribution in [-0.4, -0.2) is 18.5 Å². The highest BCUT2D eigenvalue weighted by molar-refractivity contribution is 7.99. The van der Waals surface area contributed by atoms with Gasteiger partial charge in [0.1, 0.15) is 0 Å². The first-order valence-electron chi connectivity index (χ1n) is 8.82. The van der Waals surface area contributed by atoms with E-state index in [1.165, 1.54) is 27.4 Å². The van der Waals surface area contributed by atoms with Crippen molar-refractivity contribution in [2.45, 2.75) is 30.1 Å². The minimum Gasteiger partial charge on any atom is -0.455 e. The molecule has 2 aromatic carbocycles. The number of rotatable bonds is 7. The molecule has 0 unspecified atom stereocenters. The lowest BCUT2D eigenvalue weighted by molar-refractivity contribution is -0.146. The van der Waals surface area contributed by atoms with Crippen molar-refractivity contribution in [2.24, 2.45) is 0 Å². The van der Waals surface area contributed by atoms with Gasteiger partial charge in [-0.15, -0.1) is 11.3 Å². The number of hydrogen-bond acceptors (Lipinski definition) is 5. The molecule has 3 aromatic rings. The molecule has 0 saturated heterocycles. The summed E-state index contributed by atoms with van der Waals surface area (Å²) in [5.41, 5.74) is 3.13. The normalized spacial score (nSPS) is 10.5. The lowest BCUT2D eigenvalue weighted by Crippen LogP contribution is -2.21. The average molecular weight is 412 g/mol. The average Bonchev–Trinajstić information content (AvgIpc) is 3.17. The number of esters is 1. The summed E-state index contributed by atoms with van der Waals surface area (Å²) in [6.45, 7) is 3.88. The number of anilines is 1. The molecule has 0 saturated carbocycles. The Balaban J connectivity index is 1.48. The fourth-order valence-corrected chi connectivity index (χ4v) is 4.19. The predicted octanol–water partition coefficient (Wildman–Crippen LogP) is 5.24. The highest BCUT2D eigenvalue weighted by Gasteiger charge is 2.10. The number of hydrogen-bond donors (Lipinski definition) is 1. The van der Waals surface area contributed by atoms with E-state index in [0.29, 0.717) is 5.69 Å². The maximum Gasteiger partial charge on any atom is 0.311 e. The first-order valence-corrected chi connectivity index (χ1v) is 10.5. The summed E-state index contributed by atoms with van der Waals surface area (Å²) >= 11 is 3.18. The molecule has 6 heteroatoms. The molecule has 1 N–H and O–H groups in total. The number of thiophene rings is 1. The molecule has 0 atom stereocenters. The van der Waals surface area contributed by atoms with Crippen molar-refractivity contribution in [1.82, 2.24) is 0 Å². The van der Waals surface area contributed by atoms with Crippen molar-refractivity contribution in [1.29, 1.82) is 0 Å². The number of benzene rings is 2. The molecule has 0 fully saturated rings. The van der Waals surface area contributed by atoms with E-state index in [4.69, 9.17) is 4.74 Å². The molecule has 4 nitrogen and oxygen atoms in total. The standard InChI is InChI=1S/C22H21NO3S2/c1-15-5-6-16(2)20(12-15)28-18-9-7-17(8-10-18)23-21(24)14-26-22(25)13-19-4-3-11-27-19/h3-12H,13-14H2,1-2H3,(H,23,24). The summed E-state index contributed by atoms with van der Waals surface area (Å²) in [6.07, 6.45) is 0.190. The van der Waals surface area contributed by atoms with Gasteiger partial charge in [-0.1, -0.05) is 30.0 Å². The summed E-state index contributed by atoms with van der Waals surface area (Å²) in [6, 6.07) is 17.7. The smallest absolute Gasteiger partial charge is 0.311 e. The van der Waals surface area contributed by atoms with E-state index in [1.807, 2.05) is 41.8 Å². The van der Waals surface area contributed by atoms with Gasteiger partial charge < -0.3 is 10.1 Å². The molecular weight excluding hydrogens is 390 g/mol. The third-order valence-electron chi connectivity index (χ3n) is 3.97.